The van der Waals surface area contributed by atoms with Gasteiger partial charge in [0.1, 0.15) is 12.4 Å². The Bertz CT molecular complexity index is 467. The van der Waals surface area contributed by atoms with E-state index >= 15 is 0 Å². The predicted molar refractivity (Wildman–Crippen MR) is 68.6 cm³/mol. The molecule has 17 heavy (non-hydrogen) atoms. The van der Waals surface area contributed by atoms with E-state index in [1.807, 2.05) is 0 Å². The van der Waals surface area contributed by atoms with Gasteiger partial charge in [-0.15, -0.1) is 0 Å². The lowest BCUT2D eigenvalue weighted by molar-refractivity contribution is -0.131. The number of benzene rings is 1. The van der Waals surface area contributed by atoms with E-state index in [9.17, 15) is 4.79 Å². The van der Waals surface area contributed by atoms with Crippen LogP contribution in [-0.2, 0) is 4.79 Å². The fraction of sp³-hybridized carbons (Fsp3) is 0.0833. The molecule has 1 rings (SSSR count). The Morgan fingerprint density at radius 1 is 1.53 bits per heavy atom. The van der Waals surface area contributed by atoms with Crippen molar-refractivity contribution in [2.24, 2.45) is 0 Å². The first-order chi connectivity index (χ1) is 8.00. The van der Waals surface area contributed by atoms with Crippen LogP contribution in [0.25, 0.3) is 6.08 Å². The lowest BCUT2D eigenvalue weighted by Crippen LogP contribution is -1.99. The topological polar surface area (TPSA) is 46.5 Å². The zero-order valence-corrected chi connectivity index (χ0v) is 10.3. The largest absolute Gasteiger partial charge is 0.486 e. The van der Waals surface area contributed by atoms with Crippen LogP contribution in [-0.4, -0.2) is 17.7 Å². The van der Waals surface area contributed by atoms with E-state index in [4.69, 9.17) is 33.0 Å². The second kappa shape index (κ2) is 6.33. The van der Waals surface area contributed by atoms with Crippen LogP contribution in [0.3, 0.4) is 0 Å². The molecule has 0 bridgehead atoms. The first-order valence-corrected chi connectivity index (χ1v) is 5.42. The second-order valence-corrected chi connectivity index (χ2v) is 4.08. The van der Waals surface area contributed by atoms with Gasteiger partial charge in [-0.25, -0.2) is 4.79 Å². The van der Waals surface area contributed by atoms with Gasteiger partial charge in [-0.3, -0.25) is 0 Å². The number of aliphatic carboxylic acids is 1. The Morgan fingerprint density at radius 2 is 2.24 bits per heavy atom. The fourth-order valence-corrected chi connectivity index (χ4v) is 1.41. The van der Waals surface area contributed by atoms with Crippen LogP contribution >= 0.6 is 23.2 Å². The van der Waals surface area contributed by atoms with Gasteiger partial charge in [-0.1, -0.05) is 41.9 Å². The van der Waals surface area contributed by atoms with Crippen molar-refractivity contribution in [1.82, 2.24) is 0 Å². The van der Waals surface area contributed by atoms with Gasteiger partial charge in [0.05, 0.1) is 5.02 Å². The summed E-state index contributed by atoms with van der Waals surface area (Å²) >= 11 is 11.5. The molecule has 0 spiro atoms. The van der Waals surface area contributed by atoms with Crippen LogP contribution in [0.2, 0.25) is 5.02 Å². The number of carboxylic acids is 1. The molecule has 0 aromatic heterocycles. The number of halogens is 2. The molecule has 0 fully saturated rings. The molecular formula is C12H10Cl2O3. The lowest BCUT2D eigenvalue weighted by atomic mass is 10.2. The van der Waals surface area contributed by atoms with E-state index < -0.39 is 5.97 Å². The minimum Gasteiger partial charge on any atom is -0.486 e. The Morgan fingerprint density at radius 3 is 2.82 bits per heavy atom. The van der Waals surface area contributed by atoms with Crippen molar-refractivity contribution in [3.63, 3.8) is 0 Å². The highest BCUT2D eigenvalue weighted by atomic mass is 35.5. The number of carbonyl (C=O) groups is 1. The molecular weight excluding hydrogens is 263 g/mol. The number of ether oxygens (including phenoxy) is 1. The van der Waals surface area contributed by atoms with Crippen molar-refractivity contribution < 1.29 is 14.6 Å². The van der Waals surface area contributed by atoms with Crippen molar-refractivity contribution in [2.45, 2.75) is 0 Å². The van der Waals surface area contributed by atoms with Crippen molar-refractivity contribution in [3.05, 3.63) is 46.5 Å². The standard InChI is InChI=1S/C12H10Cl2O3/c1-8(13)7-17-12-9(5-6-11(15)16)3-2-4-10(12)14/h2-6H,1,7H2,(H,15,16)/b6-5+. The van der Waals surface area contributed by atoms with Gasteiger partial charge in [0.2, 0.25) is 0 Å². The van der Waals surface area contributed by atoms with Crippen molar-refractivity contribution >= 4 is 35.2 Å². The second-order valence-electron chi connectivity index (χ2n) is 3.14. The van der Waals surface area contributed by atoms with E-state index in [0.29, 0.717) is 21.4 Å². The quantitative estimate of drug-likeness (QED) is 0.834. The van der Waals surface area contributed by atoms with Crippen molar-refractivity contribution in [3.8, 4) is 5.75 Å². The normalized spacial score (nSPS) is 10.5. The minimum absolute atomic E-state index is 0.110. The summed E-state index contributed by atoms with van der Waals surface area (Å²) in [5, 5.41) is 9.27. The van der Waals surface area contributed by atoms with Crippen LogP contribution in [0.15, 0.2) is 35.9 Å². The molecule has 0 aliphatic rings. The monoisotopic (exact) mass is 272 g/mol. The highest BCUT2D eigenvalue weighted by molar-refractivity contribution is 6.32. The van der Waals surface area contributed by atoms with Crippen molar-refractivity contribution in [2.75, 3.05) is 6.61 Å². The Hall–Kier alpha value is -1.45. The SMILES string of the molecule is C=C(Cl)COc1c(Cl)cccc1/C=C/C(=O)O. The van der Waals surface area contributed by atoms with Crippen LogP contribution < -0.4 is 4.74 Å². The van der Waals surface area contributed by atoms with Crippen LogP contribution in [0, 0.1) is 0 Å². The molecule has 90 valence electrons. The average molecular weight is 273 g/mol. The Kier molecular flexibility index (Phi) is 5.07. The predicted octanol–water partition coefficient (Wildman–Crippen LogP) is 3.57. The highest BCUT2D eigenvalue weighted by Crippen LogP contribution is 2.30. The molecule has 3 nitrogen and oxygen atoms in total. The number of hydrogen-bond donors (Lipinski definition) is 1. The van der Waals surface area contributed by atoms with Gasteiger partial charge in [-0.05, 0) is 12.1 Å². The molecule has 0 unspecified atom stereocenters. The number of hydrogen-bond acceptors (Lipinski definition) is 2. The number of para-hydroxylation sites is 1. The number of carboxylic acid groups (broad SMARTS) is 1. The third kappa shape index (κ3) is 4.51. The first kappa shape index (κ1) is 13.6. The molecule has 1 N–H and O–H groups in total. The van der Waals surface area contributed by atoms with Gasteiger partial charge < -0.3 is 9.84 Å². The summed E-state index contributed by atoms with van der Waals surface area (Å²) in [4.78, 5) is 10.4. The van der Waals surface area contributed by atoms with E-state index in [1.165, 1.54) is 6.08 Å². The third-order valence-electron chi connectivity index (χ3n) is 1.78. The molecule has 0 radical (unpaired) electrons. The van der Waals surface area contributed by atoms with Gasteiger partial charge in [0.25, 0.3) is 0 Å². The summed E-state index contributed by atoms with van der Waals surface area (Å²) in [5.74, 6) is -0.661. The fourth-order valence-electron chi connectivity index (χ4n) is 1.12. The Labute approximate surface area is 109 Å². The zero-order valence-electron chi connectivity index (χ0n) is 8.82. The lowest BCUT2D eigenvalue weighted by Gasteiger charge is -2.10. The molecule has 0 saturated carbocycles. The van der Waals surface area contributed by atoms with Crippen LogP contribution in [0.1, 0.15) is 5.56 Å². The van der Waals surface area contributed by atoms with E-state index in [1.54, 1.807) is 18.2 Å². The Balaban J connectivity index is 2.99. The summed E-state index contributed by atoms with van der Waals surface area (Å²) in [5.41, 5.74) is 0.567. The molecule has 0 amide bonds. The molecule has 5 heteroatoms. The third-order valence-corrected chi connectivity index (χ3v) is 2.18. The smallest absolute Gasteiger partial charge is 0.328 e. The summed E-state index contributed by atoms with van der Waals surface area (Å²) in [7, 11) is 0. The summed E-state index contributed by atoms with van der Waals surface area (Å²) in [6.45, 7) is 3.60. The van der Waals surface area contributed by atoms with Crippen LogP contribution in [0.4, 0.5) is 0 Å². The molecule has 1 aromatic carbocycles. The summed E-state index contributed by atoms with van der Waals surface area (Å²) < 4.78 is 5.35. The minimum atomic E-state index is -1.04. The molecule has 0 atom stereocenters. The van der Waals surface area contributed by atoms with E-state index in [-0.39, 0.29) is 6.61 Å². The van der Waals surface area contributed by atoms with Gasteiger partial charge in [-0.2, -0.15) is 0 Å². The van der Waals surface area contributed by atoms with Gasteiger partial charge >= 0.3 is 5.97 Å². The highest BCUT2D eigenvalue weighted by Gasteiger charge is 2.06. The first-order valence-electron chi connectivity index (χ1n) is 4.66. The molecule has 0 saturated heterocycles. The van der Waals surface area contributed by atoms with Gasteiger partial charge in [0.15, 0.2) is 0 Å². The molecule has 0 aliphatic carbocycles. The summed E-state index contributed by atoms with van der Waals surface area (Å²) in [6.07, 6.45) is 2.41. The maximum atomic E-state index is 10.4. The molecule has 1 aromatic rings. The maximum Gasteiger partial charge on any atom is 0.328 e. The molecule has 0 heterocycles. The van der Waals surface area contributed by atoms with E-state index in [0.717, 1.165) is 6.08 Å². The maximum absolute atomic E-state index is 10.4. The average Bonchev–Trinajstić information content (AvgIpc) is 2.24. The van der Waals surface area contributed by atoms with E-state index in [2.05, 4.69) is 6.58 Å². The van der Waals surface area contributed by atoms with Gasteiger partial charge in [0, 0.05) is 16.7 Å². The zero-order chi connectivity index (χ0) is 12.8. The number of rotatable bonds is 5. The molecule has 0 aliphatic heterocycles. The summed E-state index contributed by atoms with van der Waals surface area (Å²) in [6, 6.07) is 5.04. The van der Waals surface area contributed by atoms with Crippen molar-refractivity contribution in [1.29, 1.82) is 0 Å². The van der Waals surface area contributed by atoms with Crippen LogP contribution in [0.5, 0.6) is 5.75 Å².